The van der Waals surface area contributed by atoms with Crippen molar-refractivity contribution in [3.05, 3.63) is 69.0 Å². The second-order valence-electron chi connectivity index (χ2n) is 5.34. The predicted octanol–water partition coefficient (Wildman–Crippen LogP) is 4.32. The normalized spacial score (nSPS) is 11.7. The van der Waals surface area contributed by atoms with E-state index in [2.05, 4.69) is 14.9 Å². The molecule has 1 heterocycles. The Balaban J connectivity index is 1.66. The van der Waals surface area contributed by atoms with E-state index in [1.54, 1.807) is 36.4 Å². The molecule has 0 aliphatic heterocycles. The fourth-order valence-corrected chi connectivity index (χ4v) is 3.99. The van der Waals surface area contributed by atoms with Gasteiger partial charge in [0.25, 0.3) is 0 Å². The zero-order valence-electron chi connectivity index (χ0n) is 13.1. The van der Waals surface area contributed by atoms with Gasteiger partial charge in [0.1, 0.15) is 0 Å². The van der Waals surface area contributed by atoms with Gasteiger partial charge in [-0.25, -0.2) is 13.1 Å². The highest BCUT2D eigenvalue weighted by atomic mass is 35.5. The first kappa shape index (κ1) is 19.1. The van der Waals surface area contributed by atoms with E-state index in [4.69, 9.17) is 39.3 Å². The van der Waals surface area contributed by atoms with E-state index in [1.165, 1.54) is 6.07 Å². The van der Waals surface area contributed by atoms with Gasteiger partial charge >= 0.3 is 0 Å². The van der Waals surface area contributed by atoms with Crippen molar-refractivity contribution in [2.75, 3.05) is 0 Å². The van der Waals surface area contributed by atoms with Crippen molar-refractivity contribution in [3.8, 4) is 11.4 Å². The summed E-state index contributed by atoms with van der Waals surface area (Å²) >= 11 is 17.7. The van der Waals surface area contributed by atoms with Gasteiger partial charge in [-0.05, 0) is 29.8 Å². The Hall–Kier alpha value is -1.64. The number of benzene rings is 2. The summed E-state index contributed by atoms with van der Waals surface area (Å²) in [6.07, 6.45) is 0. The second kappa shape index (κ2) is 7.94. The molecule has 1 aromatic heterocycles. The van der Waals surface area contributed by atoms with Gasteiger partial charge < -0.3 is 4.52 Å². The molecule has 0 aliphatic rings. The summed E-state index contributed by atoms with van der Waals surface area (Å²) in [5, 5.41) is 5.07. The van der Waals surface area contributed by atoms with Crippen molar-refractivity contribution < 1.29 is 12.9 Å². The van der Waals surface area contributed by atoms with Crippen LogP contribution in [0.3, 0.4) is 0 Å². The minimum Gasteiger partial charge on any atom is -0.338 e. The third kappa shape index (κ3) is 4.96. The summed E-state index contributed by atoms with van der Waals surface area (Å²) in [5.74, 6) is 0.159. The summed E-state index contributed by atoms with van der Waals surface area (Å²) in [5.41, 5.74) is 1.11. The van der Waals surface area contributed by atoms with Crippen LogP contribution >= 0.6 is 34.8 Å². The Morgan fingerprint density at radius 1 is 1.04 bits per heavy atom. The van der Waals surface area contributed by atoms with Crippen molar-refractivity contribution in [2.24, 2.45) is 0 Å². The van der Waals surface area contributed by atoms with Gasteiger partial charge in [-0.1, -0.05) is 58.2 Å². The number of hydrogen-bond donors (Lipinski definition) is 1. The molecule has 3 rings (SSSR count). The van der Waals surface area contributed by atoms with Crippen LogP contribution in [0, 0.1) is 0 Å². The fraction of sp³-hybridized carbons (Fsp3) is 0.125. The molecule has 1 N–H and O–H groups in total. The van der Waals surface area contributed by atoms with Gasteiger partial charge in [0.05, 0.1) is 12.3 Å². The first-order chi connectivity index (χ1) is 12.3. The van der Waals surface area contributed by atoms with Gasteiger partial charge in [-0.15, -0.1) is 0 Å². The Labute approximate surface area is 165 Å². The lowest BCUT2D eigenvalue weighted by Gasteiger charge is -2.06. The average molecular weight is 433 g/mol. The highest BCUT2D eigenvalue weighted by molar-refractivity contribution is 7.88. The molecule has 0 aliphatic carbocycles. The number of aromatic nitrogens is 2. The standard InChI is InChI=1S/C16H12Cl3N3O3S/c17-12-3-1-2-10(6-12)16-21-15(25-22-16)8-20-26(23,24)9-11-4-5-13(18)7-14(11)19/h1-7,20H,8-9H2. The summed E-state index contributed by atoms with van der Waals surface area (Å²) in [6.45, 7) is -0.138. The number of hydrogen-bond acceptors (Lipinski definition) is 5. The maximum Gasteiger partial charge on any atom is 0.242 e. The first-order valence-electron chi connectivity index (χ1n) is 7.32. The lowest BCUT2D eigenvalue weighted by Crippen LogP contribution is -2.25. The quantitative estimate of drug-likeness (QED) is 0.627. The van der Waals surface area contributed by atoms with Crippen molar-refractivity contribution in [2.45, 2.75) is 12.3 Å². The van der Waals surface area contributed by atoms with Gasteiger partial charge in [0, 0.05) is 20.6 Å². The van der Waals surface area contributed by atoms with Crippen LogP contribution in [0.2, 0.25) is 15.1 Å². The Bertz CT molecular complexity index is 1040. The Kier molecular flexibility index (Phi) is 5.84. The molecular formula is C16H12Cl3N3O3S. The highest BCUT2D eigenvalue weighted by Crippen LogP contribution is 2.23. The summed E-state index contributed by atoms with van der Waals surface area (Å²) in [6, 6.07) is 11.6. The zero-order chi connectivity index (χ0) is 18.7. The van der Waals surface area contributed by atoms with Crippen LogP contribution in [0.4, 0.5) is 0 Å². The van der Waals surface area contributed by atoms with E-state index in [-0.39, 0.29) is 23.2 Å². The molecule has 0 saturated carbocycles. The molecular weight excluding hydrogens is 421 g/mol. The minimum absolute atomic E-state index is 0.130. The molecule has 0 bridgehead atoms. The summed E-state index contributed by atoms with van der Waals surface area (Å²) < 4.78 is 31.9. The van der Waals surface area contributed by atoms with Gasteiger partial charge in [-0.3, -0.25) is 0 Å². The van der Waals surface area contributed by atoms with E-state index in [0.29, 0.717) is 27.0 Å². The van der Waals surface area contributed by atoms with Crippen molar-refractivity contribution in [1.29, 1.82) is 0 Å². The molecule has 0 radical (unpaired) electrons. The molecule has 0 spiro atoms. The molecule has 10 heteroatoms. The monoisotopic (exact) mass is 431 g/mol. The van der Waals surface area contributed by atoms with E-state index in [9.17, 15) is 8.42 Å². The smallest absolute Gasteiger partial charge is 0.242 e. The fourth-order valence-electron chi connectivity index (χ4n) is 2.14. The van der Waals surface area contributed by atoms with Crippen LogP contribution in [0.15, 0.2) is 47.0 Å². The van der Waals surface area contributed by atoms with Gasteiger partial charge in [-0.2, -0.15) is 4.98 Å². The molecule has 3 aromatic rings. The molecule has 26 heavy (non-hydrogen) atoms. The SMILES string of the molecule is O=S(=O)(Cc1ccc(Cl)cc1Cl)NCc1nc(-c2cccc(Cl)c2)no1. The van der Waals surface area contributed by atoms with Crippen molar-refractivity contribution in [1.82, 2.24) is 14.9 Å². The van der Waals surface area contributed by atoms with Crippen LogP contribution in [-0.4, -0.2) is 18.6 Å². The van der Waals surface area contributed by atoms with Crippen LogP contribution in [0.1, 0.15) is 11.5 Å². The van der Waals surface area contributed by atoms with Crippen LogP contribution < -0.4 is 4.72 Å². The van der Waals surface area contributed by atoms with E-state index in [1.807, 2.05) is 0 Å². The first-order valence-corrected chi connectivity index (χ1v) is 10.1. The van der Waals surface area contributed by atoms with E-state index >= 15 is 0 Å². The largest absolute Gasteiger partial charge is 0.338 e. The number of nitrogens with one attached hydrogen (secondary N) is 1. The summed E-state index contributed by atoms with van der Waals surface area (Å²) in [4.78, 5) is 4.15. The molecule has 0 unspecified atom stereocenters. The third-order valence-corrected chi connectivity index (χ3v) is 5.45. The number of nitrogens with zero attached hydrogens (tertiary/aromatic N) is 2. The van der Waals surface area contributed by atoms with E-state index < -0.39 is 10.0 Å². The maximum atomic E-state index is 12.2. The number of sulfonamides is 1. The van der Waals surface area contributed by atoms with Gasteiger partial charge in [0.15, 0.2) is 0 Å². The van der Waals surface area contributed by atoms with Gasteiger partial charge in [0.2, 0.25) is 21.7 Å². The number of halogens is 3. The van der Waals surface area contributed by atoms with Crippen LogP contribution in [0.25, 0.3) is 11.4 Å². The third-order valence-electron chi connectivity index (χ3n) is 3.35. The highest BCUT2D eigenvalue weighted by Gasteiger charge is 2.16. The molecule has 0 amide bonds. The van der Waals surface area contributed by atoms with Crippen molar-refractivity contribution in [3.63, 3.8) is 0 Å². The second-order valence-corrected chi connectivity index (χ2v) is 8.42. The van der Waals surface area contributed by atoms with Crippen molar-refractivity contribution >= 4 is 44.8 Å². The predicted molar refractivity (Wildman–Crippen MR) is 101 cm³/mol. The lowest BCUT2D eigenvalue weighted by molar-refractivity contribution is 0.376. The minimum atomic E-state index is -3.66. The van der Waals surface area contributed by atoms with Crippen LogP contribution in [-0.2, 0) is 22.3 Å². The zero-order valence-corrected chi connectivity index (χ0v) is 16.2. The molecule has 2 aromatic carbocycles. The Morgan fingerprint density at radius 3 is 2.54 bits per heavy atom. The summed E-state index contributed by atoms with van der Waals surface area (Å²) in [7, 11) is -3.66. The molecule has 136 valence electrons. The topological polar surface area (TPSA) is 85.1 Å². The van der Waals surface area contributed by atoms with E-state index in [0.717, 1.165) is 0 Å². The Morgan fingerprint density at radius 2 is 1.81 bits per heavy atom. The molecule has 0 atom stereocenters. The van der Waals surface area contributed by atoms with Crippen LogP contribution in [0.5, 0.6) is 0 Å². The molecule has 0 saturated heterocycles. The maximum absolute atomic E-state index is 12.2. The lowest BCUT2D eigenvalue weighted by atomic mass is 10.2. The number of rotatable bonds is 6. The molecule has 0 fully saturated rings. The average Bonchev–Trinajstić information content (AvgIpc) is 3.05. The molecule has 6 nitrogen and oxygen atoms in total.